The van der Waals surface area contributed by atoms with E-state index < -0.39 is 0 Å². The van der Waals surface area contributed by atoms with Crippen LogP contribution in [0.5, 0.6) is 0 Å². The van der Waals surface area contributed by atoms with E-state index in [9.17, 15) is 0 Å². The Hall–Kier alpha value is -0.890. The van der Waals surface area contributed by atoms with Crippen molar-refractivity contribution in [2.24, 2.45) is 0 Å². The summed E-state index contributed by atoms with van der Waals surface area (Å²) in [7, 11) is 0. The Balaban J connectivity index is 2.39. The van der Waals surface area contributed by atoms with Crippen LogP contribution < -0.4 is 5.32 Å². The quantitative estimate of drug-likeness (QED) is 0.575. The third-order valence-electron chi connectivity index (χ3n) is 4.04. The minimum atomic E-state index is 0.674. The molecule has 1 N–H and O–H groups in total. The molecule has 0 unspecified atom stereocenters. The molecule has 0 amide bonds. The van der Waals surface area contributed by atoms with Crippen LogP contribution >= 0.6 is 0 Å². The topological polar surface area (TPSA) is 24.9 Å². The molecule has 1 aromatic rings. The van der Waals surface area contributed by atoms with Crippen molar-refractivity contribution in [3.8, 4) is 0 Å². The third kappa shape index (κ3) is 7.04. The van der Waals surface area contributed by atoms with Gasteiger partial charge in [-0.25, -0.2) is 0 Å². The molecule has 2 nitrogen and oxygen atoms in total. The van der Waals surface area contributed by atoms with Crippen molar-refractivity contribution in [1.29, 1.82) is 0 Å². The summed E-state index contributed by atoms with van der Waals surface area (Å²) in [5.41, 5.74) is 2.68. The lowest BCUT2D eigenvalue weighted by Crippen LogP contribution is -2.29. The van der Waals surface area contributed by atoms with Crippen molar-refractivity contribution in [2.75, 3.05) is 0 Å². The highest BCUT2D eigenvalue weighted by molar-refractivity contribution is 5.21. The average Bonchev–Trinajstić information content (AvgIpc) is 2.46. The van der Waals surface area contributed by atoms with E-state index in [1.807, 2.05) is 12.4 Å². The maximum absolute atomic E-state index is 4.23. The fraction of sp³-hybridized carbons (Fsp3) is 0.722. The summed E-state index contributed by atoms with van der Waals surface area (Å²) in [4.78, 5) is 4.23. The zero-order chi connectivity index (χ0) is 14.6. The zero-order valence-electron chi connectivity index (χ0n) is 13.6. The molecule has 0 bridgehead atoms. The van der Waals surface area contributed by atoms with Gasteiger partial charge in [-0.05, 0) is 37.0 Å². The van der Waals surface area contributed by atoms with E-state index in [4.69, 9.17) is 0 Å². The Labute approximate surface area is 125 Å². The molecule has 114 valence electrons. The van der Waals surface area contributed by atoms with Gasteiger partial charge in [-0.2, -0.15) is 0 Å². The van der Waals surface area contributed by atoms with Gasteiger partial charge in [-0.1, -0.05) is 52.4 Å². The molecular formula is C18H32N2. The fourth-order valence-corrected chi connectivity index (χ4v) is 2.57. The van der Waals surface area contributed by atoms with Crippen LogP contribution in [0.1, 0.15) is 76.3 Å². The Morgan fingerprint density at radius 1 is 1.05 bits per heavy atom. The number of rotatable bonds is 11. The average molecular weight is 276 g/mol. The van der Waals surface area contributed by atoms with E-state index >= 15 is 0 Å². The van der Waals surface area contributed by atoms with Gasteiger partial charge in [0.1, 0.15) is 0 Å². The second-order valence-corrected chi connectivity index (χ2v) is 5.87. The molecule has 0 spiro atoms. The van der Waals surface area contributed by atoms with Crippen LogP contribution in [0, 0.1) is 6.92 Å². The molecular weight excluding hydrogens is 244 g/mol. The number of hydrogen-bond donors (Lipinski definition) is 1. The highest BCUT2D eigenvalue weighted by atomic mass is 14.9. The molecule has 0 aliphatic rings. The van der Waals surface area contributed by atoms with Gasteiger partial charge < -0.3 is 5.32 Å². The Morgan fingerprint density at radius 2 is 1.70 bits per heavy atom. The SMILES string of the molecule is CCCCCC(CCCCC)NCc1cnccc1C. The smallest absolute Gasteiger partial charge is 0.0315 e. The molecule has 0 saturated heterocycles. The molecule has 20 heavy (non-hydrogen) atoms. The minimum Gasteiger partial charge on any atom is -0.310 e. The second kappa shape index (κ2) is 10.8. The summed E-state index contributed by atoms with van der Waals surface area (Å²) in [6.45, 7) is 7.68. The lowest BCUT2D eigenvalue weighted by Gasteiger charge is -2.19. The Morgan fingerprint density at radius 3 is 2.25 bits per heavy atom. The van der Waals surface area contributed by atoms with Crippen LogP contribution in [0.3, 0.4) is 0 Å². The molecule has 0 fully saturated rings. The number of aryl methyl sites for hydroxylation is 1. The molecule has 0 saturated carbocycles. The second-order valence-electron chi connectivity index (χ2n) is 5.87. The predicted octanol–water partition coefficient (Wildman–Crippen LogP) is 5.01. The van der Waals surface area contributed by atoms with Gasteiger partial charge in [-0.15, -0.1) is 0 Å². The molecule has 0 aliphatic heterocycles. The van der Waals surface area contributed by atoms with Crippen molar-refractivity contribution in [1.82, 2.24) is 10.3 Å². The first kappa shape index (κ1) is 17.2. The number of nitrogens with one attached hydrogen (secondary N) is 1. The van der Waals surface area contributed by atoms with E-state index in [1.165, 1.54) is 62.5 Å². The van der Waals surface area contributed by atoms with Crippen LogP contribution in [-0.2, 0) is 6.54 Å². The van der Waals surface area contributed by atoms with Gasteiger partial charge in [0.25, 0.3) is 0 Å². The molecule has 1 heterocycles. The van der Waals surface area contributed by atoms with Crippen molar-refractivity contribution >= 4 is 0 Å². The van der Waals surface area contributed by atoms with E-state index in [0.29, 0.717) is 6.04 Å². The summed E-state index contributed by atoms with van der Waals surface area (Å²) in [5.74, 6) is 0. The van der Waals surface area contributed by atoms with Crippen LogP contribution in [0.15, 0.2) is 18.5 Å². The standard InChI is InChI=1S/C18H32N2/c1-4-6-8-10-18(11-9-7-5-2)20-15-17-14-19-13-12-16(17)3/h12-14,18,20H,4-11,15H2,1-3H3. The normalized spacial score (nSPS) is 11.2. The van der Waals surface area contributed by atoms with Crippen LogP contribution in [0.2, 0.25) is 0 Å². The van der Waals surface area contributed by atoms with Crippen molar-refractivity contribution < 1.29 is 0 Å². The third-order valence-corrected chi connectivity index (χ3v) is 4.04. The van der Waals surface area contributed by atoms with Crippen LogP contribution in [0.25, 0.3) is 0 Å². The van der Waals surface area contributed by atoms with E-state index in [2.05, 4.69) is 37.1 Å². The largest absolute Gasteiger partial charge is 0.310 e. The van der Waals surface area contributed by atoms with Gasteiger partial charge in [0.05, 0.1) is 0 Å². The number of nitrogens with zero attached hydrogens (tertiary/aromatic N) is 1. The number of hydrogen-bond acceptors (Lipinski definition) is 2. The van der Waals surface area contributed by atoms with Gasteiger partial charge in [-0.3, -0.25) is 4.98 Å². The number of aromatic nitrogens is 1. The summed E-state index contributed by atoms with van der Waals surface area (Å²) in [6, 6.07) is 2.77. The molecule has 2 heteroatoms. The summed E-state index contributed by atoms with van der Waals surface area (Å²) in [5, 5.41) is 3.75. The minimum absolute atomic E-state index is 0.674. The molecule has 0 aromatic carbocycles. The van der Waals surface area contributed by atoms with E-state index in [1.54, 1.807) is 0 Å². The molecule has 0 aliphatic carbocycles. The zero-order valence-corrected chi connectivity index (χ0v) is 13.6. The summed E-state index contributed by atoms with van der Waals surface area (Å²) in [6.07, 6.45) is 14.5. The highest BCUT2D eigenvalue weighted by Gasteiger charge is 2.08. The number of unbranched alkanes of at least 4 members (excludes halogenated alkanes) is 4. The van der Waals surface area contributed by atoms with Crippen LogP contribution in [-0.4, -0.2) is 11.0 Å². The predicted molar refractivity (Wildman–Crippen MR) is 87.9 cm³/mol. The first-order valence-corrected chi connectivity index (χ1v) is 8.40. The van der Waals surface area contributed by atoms with Crippen molar-refractivity contribution in [2.45, 2.75) is 84.7 Å². The van der Waals surface area contributed by atoms with Gasteiger partial charge in [0.2, 0.25) is 0 Å². The van der Waals surface area contributed by atoms with Gasteiger partial charge >= 0.3 is 0 Å². The molecule has 1 rings (SSSR count). The maximum Gasteiger partial charge on any atom is 0.0315 e. The van der Waals surface area contributed by atoms with Crippen LogP contribution in [0.4, 0.5) is 0 Å². The van der Waals surface area contributed by atoms with Crippen molar-refractivity contribution in [3.05, 3.63) is 29.6 Å². The van der Waals surface area contributed by atoms with Crippen molar-refractivity contribution in [3.63, 3.8) is 0 Å². The molecule has 0 atom stereocenters. The first-order valence-electron chi connectivity index (χ1n) is 8.40. The summed E-state index contributed by atoms with van der Waals surface area (Å²) < 4.78 is 0. The lowest BCUT2D eigenvalue weighted by atomic mass is 10.0. The Bertz CT molecular complexity index is 339. The highest BCUT2D eigenvalue weighted by Crippen LogP contribution is 2.13. The molecule has 1 aromatic heterocycles. The monoisotopic (exact) mass is 276 g/mol. The summed E-state index contributed by atoms with van der Waals surface area (Å²) >= 11 is 0. The van der Waals surface area contributed by atoms with Gasteiger partial charge in [0, 0.05) is 25.0 Å². The maximum atomic E-state index is 4.23. The van der Waals surface area contributed by atoms with E-state index in [-0.39, 0.29) is 0 Å². The number of pyridine rings is 1. The first-order chi connectivity index (χ1) is 9.77. The van der Waals surface area contributed by atoms with E-state index in [0.717, 1.165) is 6.54 Å². The Kier molecular flexibility index (Phi) is 9.31. The fourth-order valence-electron chi connectivity index (χ4n) is 2.57. The lowest BCUT2D eigenvalue weighted by molar-refractivity contribution is 0.417. The molecule has 0 radical (unpaired) electrons. The van der Waals surface area contributed by atoms with Gasteiger partial charge in [0.15, 0.2) is 0 Å².